The number of carbonyl (C=O) groups is 2. The first-order chi connectivity index (χ1) is 9.22. The molecule has 1 N–H and O–H groups in total. The minimum Gasteiger partial charge on any atom is -0.352 e. The molecule has 1 aromatic heterocycles. The standard InChI is InChI=1S/C14H19N3O2/c1-2-5-16-13(18)11-8-12(10-15-9-11)14(19)17-6-3-4-7-17/h8-10H,2-7H2,1H3,(H,16,18). The summed E-state index contributed by atoms with van der Waals surface area (Å²) in [6, 6.07) is 1.62. The number of hydrogen-bond donors (Lipinski definition) is 1. The Hall–Kier alpha value is -1.91. The van der Waals surface area contributed by atoms with Crippen molar-refractivity contribution in [1.29, 1.82) is 0 Å². The first-order valence-corrected chi connectivity index (χ1v) is 6.75. The van der Waals surface area contributed by atoms with E-state index >= 15 is 0 Å². The van der Waals surface area contributed by atoms with Crippen molar-refractivity contribution >= 4 is 11.8 Å². The van der Waals surface area contributed by atoms with E-state index in [0.717, 1.165) is 32.4 Å². The topological polar surface area (TPSA) is 62.3 Å². The van der Waals surface area contributed by atoms with Crippen LogP contribution in [0.3, 0.4) is 0 Å². The molecule has 0 spiro atoms. The average Bonchev–Trinajstić information content (AvgIpc) is 2.98. The quantitative estimate of drug-likeness (QED) is 0.892. The van der Waals surface area contributed by atoms with Crippen LogP contribution in [0.2, 0.25) is 0 Å². The van der Waals surface area contributed by atoms with E-state index in [4.69, 9.17) is 0 Å². The molecule has 0 radical (unpaired) electrons. The molecule has 0 unspecified atom stereocenters. The highest BCUT2D eigenvalue weighted by atomic mass is 16.2. The van der Waals surface area contributed by atoms with Gasteiger partial charge in [0.05, 0.1) is 11.1 Å². The van der Waals surface area contributed by atoms with Gasteiger partial charge in [-0.1, -0.05) is 6.92 Å². The summed E-state index contributed by atoms with van der Waals surface area (Å²) in [6.07, 6.45) is 6.00. The molecule has 1 fully saturated rings. The predicted octanol–water partition coefficient (Wildman–Crippen LogP) is 1.46. The monoisotopic (exact) mass is 261 g/mol. The third-order valence-corrected chi connectivity index (χ3v) is 3.18. The molecule has 0 aromatic carbocycles. The van der Waals surface area contributed by atoms with Crippen LogP contribution in [0.1, 0.15) is 46.9 Å². The smallest absolute Gasteiger partial charge is 0.255 e. The number of aromatic nitrogens is 1. The van der Waals surface area contributed by atoms with Gasteiger partial charge in [0.2, 0.25) is 0 Å². The number of nitrogens with one attached hydrogen (secondary N) is 1. The second kappa shape index (κ2) is 6.31. The molecule has 5 heteroatoms. The molecular weight excluding hydrogens is 242 g/mol. The molecule has 0 bridgehead atoms. The molecule has 2 heterocycles. The normalized spacial score (nSPS) is 14.5. The lowest BCUT2D eigenvalue weighted by atomic mass is 10.1. The van der Waals surface area contributed by atoms with Crippen LogP contribution in [-0.4, -0.2) is 41.3 Å². The van der Waals surface area contributed by atoms with Gasteiger partial charge in [0, 0.05) is 32.0 Å². The molecule has 2 rings (SSSR count). The summed E-state index contributed by atoms with van der Waals surface area (Å²) in [5.41, 5.74) is 0.935. The van der Waals surface area contributed by atoms with Gasteiger partial charge in [-0.3, -0.25) is 14.6 Å². The third-order valence-electron chi connectivity index (χ3n) is 3.18. The van der Waals surface area contributed by atoms with E-state index in [1.54, 1.807) is 6.07 Å². The molecule has 1 aliphatic heterocycles. The zero-order chi connectivity index (χ0) is 13.7. The van der Waals surface area contributed by atoms with Gasteiger partial charge < -0.3 is 10.2 Å². The van der Waals surface area contributed by atoms with E-state index in [2.05, 4.69) is 10.3 Å². The summed E-state index contributed by atoms with van der Waals surface area (Å²) in [5, 5.41) is 2.78. The van der Waals surface area contributed by atoms with Gasteiger partial charge in [-0.2, -0.15) is 0 Å². The lowest BCUT2D eigenvalue weighted by Crippen LogP contribution is -2.28. The second-order valence-corrected chi connectivity index (χ2v) is 4.72. The Morgan fingerprint density at radius 1 is 1.26 bits per heavy atom. The first kappa shape index (κ1) is 13.5. The van der Waals surface area contributed by atoms with Gasteiger partial charge in [-0.05, 0) is 25.3 Å². The molecule has 2 amide bonds. The van der Waals surface area contributed by atoms with Crippen LogP contribution in [0, 0.1) is 0 Å². The highest BCUT2D eigenvalue weighted by Crippen LogP contribution is 2.13. The van der Waals surface area contributed by atoms with Crippen molar-refractivity contribution in [3.63, 3.8) is 0 Å². The minimum atomic E-state index is -0.176. The number of carbonyl (C=O) groups excluding carboxylic acids is 2. The van der Waals surface area contributed by atoms with Crippen molar-refractivity contribution in [1.82, 2.24) is 15.2 Å². The van der Waals surface area contributed by atoms with Crippen LogP contribution < -0.4 is 5.32 Å². The fourth-order valence-electron chi connectivity index (χ4n) is 2.12. The Balaban J connectivity index is 2.10. The van der Waals surface area contributed by atoms with Crippen LogP contribution in [0.4, 0.5) is 0 Å². The zero-order valence-electron chi connectivity index (χ0n) is 11.2. The fraction of sp³-hybridized carbons (Fsp3) is 0.500. The number of likely N-dealkylation sites (tertiary alicyclic amines) is 1. The molecule has 102 valence electrons. The zero-order valence-corrected chi connectivity index (χ0v) is 11.2. The van der Waals surface area contributed by atoms with Gasteiger partial charge in [0.1, 0.15) is 0 Å². The molecule has 0 aliphatic carbocycles. The van der Waals surface area contributed by atoms with Crippen molar-refractivity contribution in [3.05, 3.63) is 29.6 Å². The van der Waals surface area contributed by atoms with E-state index < -0.39 is 0 Å². The summed E-state index contributed by atoms with van der Waals surface area (Å²) in [4.78, 5) is 29.8. The molecule has 1 aromatic rings. The minimum absolute atomic E-state index is 0.0323. The summed E-state index contributed by atoms with van der Waals surface area (Å²) in [5.74, 6) is -0.208. The number of pyridine rings is 1. The van der Waals surface area contributed by atoms with E-state index in [1.165, 1.54) is 12.4 Å². The number of hydrogen-bond acceptors (Lipinski definition) is 3. The highest BCUT2D eigenvalue weighted by Gasteiger charge is 2.20. The maximum Gasteiger partial charge on any atom is 0.255 e. The summed E-state index contributed by atoms with van der Waals surface area (Å²) in [6.45, 7) is 4.21. The van der Waals surface area contributed by atoms with Gasteiger partial charge in [-0.25, -0.2) is 0 Å². The summed E-state index contributed by atoms with van der Waals surface area (Å²) >= 11 is 0. The summed E-state index contributed by atoms with van der Waals surface area (Å²) < 4.78 is 0. The molecular formula is C14H19N3O2. The SMILES string of the molecule is CCCNC(=O)c1cncc(C(=O)N2CCCC2)c1. The van der Waals surface area contributed by atoms with Crippen LogP contribution in [0.5, 0.6) is 0 Å². The second-order valence-electron chi connectivity index (χ2n) is 4.72. The molecule has 5 nitrogen and oxygen atoms in total. The van der Waals surface area contributed by atoms with Gasteiger partial charge >= 0.3 is 0 Å². The molecule has 19 heavy (non-hydrogen) atoms. The fourth-order valence-corrected chi connectivity index (χ4v) is 2.12. The number of amides is 2. The highest BCUT2D eigenvalue weighted by molar-refractivity contribution is 5.99. The van der Waals surface area contributed by atoms with Crippen LogP contribution in [-0.2, 0) is 0 Å². The van der Waals surface area contributed by atoms with E-state index in [-0.39, 0.29) is 11.8 Å². The van der Waals surface area contributed by atoms with E-state index in [1.807, 2.05) is 11.8 Å². The lowest BCUT2D eigenvalue weighted by molar-refractivity contribution is 0.0792. The van der Waals surface area contributed by atoms with Crippen molar-refractivity contribution in [2.75, 3.05) is 19.6 Å². The van der Waals surface area contributed by atoms with Gasteiger partial charge in [0.25, 0.3) is 11.8 Å². The molecule has 0 saturated carbocycles. The maximum atomic E-state index is 12.2. The molecule has 0 atom stereocenters. The van der Waals surface area contributed by atoms with Crippen LogP contribution in [0.15, 0.2) is 18.5 Å². The van der Waals surface area contributed by atoms with Gasteiger partial charge in [0.15, 0.2) is 0 Å². The number of rotatable bonds is 4. The Morgan fingerprint density at radius 3 is 2.63 bits per heavy atom. The van der Waals surface area contributed by atoms with Crippen LogP contribution >= 0.6 is 0 Å². The number of nitrogens with zero attached hydrogens (tertiary/aromatic N) is 2. The van der Waals surface area contributed by atoms with Crippen LogP contribution in [0.25, 0.3) is 0 Å². The van der Waals surface area contributed by atoms with Gasteiger partial charge in [-0.15, -0.1) is 0 Å². The molecule has 1 saturated heterocycles. The van der Waals surface area contributed by atoms with E-state index in [0.29, 0.717) is 17.7 Å². The molecule has 1 aliphatic rings. The maximum absolute atomic E-state index is 12.2. The first-order valence-electron chi connectivity index (χ1n) is 6.75. The van der Waals surface area contributed by atoms with Crippen molar-refractivity contribution < 1.29 is 9.59 Å². The van der Waals surface area contributed by atoms with E-state index in [9.17, 15) is 9.59 Å². The third kappa shape index (κ3) is 3.30. The Morgan fingerprint density at radius 2 is 1.95 bits per heavy atom. The Bertz CT molecular complexity index is 468. The Labute approximate surface area is 113 Å². The Kier molecular flexibility index (Phi) is 4.49. The lowest BCUT2D eigenvalue weighted by Gasteiger charge is -2.15. The van der Waals surface area contributed by atoms with Crippen molar-refractivity contribution in [2.45, 2.75) is 26.2 Å². The van der Waals surface area contributed by atoms with Crippen molar-refractivity contribution in [3.8, 4) is 0 Å². The predicted molar refractivity (Wildman–Crippen MR) is 72.0 cm³/mol. The van der Waals surface area contributed by atoms with Crippen molar-refractivity contribution in [2.24, 2.45) is 0 Å². The largest absolute Gasteiger partial charge is 0.352 e. The average molecular weight is 261 g/mol. The summed E-state index contributed by atoms with van der Waals surface area (Å²) in [7, 11) is 0.